The van der Waals surface area contributed by atoms with Crippen molar-refractivity contribution >= 4 is 35.4 Å². The molecule has 2 heterocycles. The van der Waals surface area contributed by atoms with Crippen LogP contribution in [0, 0.1) is 0 Å². The summed E-state index contributed by atoms with van der Waals surface area (Å²) in [4.78, 5) is 15.5. The molecule has 3 nitrogen and oxygen atoms in total. The molecule has 0 aliphatic carbocycles. The second kappa shape index (κ2) is 5.52. The van der Waals surface area contributed by atoms with E-state index in [1.807, 2.05) is 36.4 Å². The second-order valence-corrected chi connectivity index (χ2v) is 5.87. The molecule has 0 bridgehead atoms. The van der Waals surface area contributed by atoms with Crippen LogP contribution in [0.2, 0.25) is 5.02 Å². The third-order valence-electron chi connectivity index (χ3n) is 4.12. The molecule has 0 spiro atoms. The molecule has 0 amide bonds. The van der Waals surface area contributed by atoms with Gasteiger partial charge in [-0.25, -0.2) is 0 Å². The lowest BCUT2D eigenvalue weighted by Crippen LogP contribution is -2.31. The normalized spacial score (nSPS) is 15.9. The number of allylic oxidation sites excluding steroid dienone is 1. The van der Waals surface area contributed by atoms with Gasteiger partial charge in [-0.05, 0) is 22.9 Å². The van der Waals surface area contributed by atoms with Crippen molar-refractivity contribution in [3.8, 4) is 0 Å². The highest BCUT2D eigenvalue weighted by Crippen LogP contribution is 2.22. The first-order chi connectivity index (χ1) is 11.3. The number of aliphatic imine (C=N–C) groups is 1. The van der Waals surface area contributed by atoms with E-state index in [4.69, 9.17) is 11.6 Å². The highest BCUT2D eigenvalue weighted by atomic mass is 35.5. The zero-order chi connectivity index (χ0) is 15.8. The molecule has 0 saturated heterocycles. The molecule has 4 rings (SSSR count). The molecule has 112 valence electrons. The number of carbonyl (C=O) groups excluding carboxylic acids is 1. The summed E-state index contributed by atoms with van der Waals surface area (Å²) >= 11 is 6.23. The predicted molar refractivity (Wildman–Crippen MR) is 92.6 cm³/mol. The number of hydrogen-bond acceptors (Lipinski definition) is 3. The SMILES string of the molecule is O=CC1=C2CNC(c3ccccc3)=c3cc(Cl)ccc3=C2C=N1. The Balaban J connectivity index is 2.14. The summed E-state index contributed by atoms with van der Waals surface area (Å²) in [5.74, 6) is 0. The minimum atomic E-state index is 0.489. The van der Waals surface area contributed by atoms with Gasteiger partial charge in [0, 0.05) is 39.8 Å². The Labute approximate surface area is 138 Å². The molecule has 0 radical (unpaired) electrons. The molecular formula is C19H13ClN2O. The van der Waals surface area contributed by atoms with Crippen LogP contribution in [0.3, 0.4) is 0 Å². The molecule has 0 aromatic heterocycles. The quantitative estimate of drug-likeness (QED) is 0.857. The van der Waals surface area contributed by atoms with E-state index in [0.717, 1.165) is 39.1 Å². The number of benzene rings is 2. The van der Waals surface area contributed by atoms with E-state index in [2.05, 4.69) is 22.4 Å². The van der Waals surface area contributed by atoms with Crippen molar-refractivity contribution in [3.63, 3.8) is 0 Å². The highest BCUT2D eigenvalue weighted by Gasteiger charge is 2.20. The number of nitrogens with zero attached hydrogens (tertiary/aromatic N) is 1. The van der Waals surface area contributed by atoms with Gasteiger partial charge in [0.15, 0.2) is 6.29 Å². The van der Waals surface area contributed by atoms with Crippen molar-refractivity contribution in [1.82, 2.24) is 5.32 Å². The van der Waals surface area contributed by atoms with E-state index in [1.54, 1.807) is 6.21 Å². The maximum absolute atomic E-state index is 11.3. The van der Waals surface area contributed by atoms with Crippen LogP contribution in [0.25, 0.3) is 11.3 Å². The summed E-state index contributed by atoms with van der Waals surface area (Å²) in [6.07, 6.45) is 2.57. The fourth-order valence-corrected chi connectivity index (χ4v) is 3.21. The van der Waals surface area contributed by atoms with Gasteiger partial charge in [-0.2, -0.15) is 0 Å². The van der Waals surface area contributed by atoms with Gasteiger partial charge in [0.25, 0.3) is 0 Å². The maximum Gasteiger partial charge on any atom is 0.168 e. The zero-order valence-corrected chi connectivity index (χ0v) is 13.0. The van der Waals surface area contributed by atoms with Gasteiger partial charge in [-0.3, -0.25) is 9.79 Å². The third-order valence-corrected chi connectivity index (χ3v) is 4.36. The molecule has 1 N–H and O–H groups in total. The van der Waals surface area contributed by atoms with Gasteiger partial charge >= 0.3 is 0 Å². The van der Waals surface area contributed by atoms with Crippen molar-refractivity contribution in [3.05, 3.63) is 80.8 Å². The average Bonchev–Trinajstić information content (AvgIpc) is 2.92. The van der Waals surface area contributed by atoms with Gasteiger partial charge in [-0.1, -0.05) is 48.0 Å². The van der Waals surface area contributed by atoms with Gasteiger partial charge in [0.2, 0.25) is 0 Å². The fraction of sp³-hybridized carbons (Fsp3) is 0.0526. The van der Waals surface area contributed by atoms with Crippen molar-refractivity contribution in [2.24, 2.45) is 4.99 Å². The second-order valence-electron chi connectivity index (χ2n) is 5.44. The van der Waals surface area contributed by atoms with E-state index < -0.39 is 0 Å². The summed E-state index contributed by atoms with van der Waals surface area (Å²) in [6, 6.07) is 15.9. The molecule has 0 saturated carbocycles. The molecule has 0 unspecified atom stereocenters. The van der Waals surface area contributed by atoms with E-state index >= 15 is 0 Å². The van der Waals surface area contributed by atoms with Crippen molar-refractivity contribution in [1.29, 1.82) is 0 Å². The van der Waals surface area contributed by atoms with Gasteiger partial charge in [-0.15, -0.1) is 0 Å². The van der Waals surface area contributed by atoms with E-state index in [-0.39, 0.29) is 0 Å². The van der Waals surface area contributed by atoms with Crippen LogP contribution in [0.15, 0.2) is 64.8 Å². The topological polar surface area (TPSA) is 41.5 Å². The van der Waals surface area contributed by atoms with Gasteiger partial charge in [0.05, 0.1) is 0 Å². The Morgan fingerprint density at radius 1 is 1.09 bits per heavy atom. The summed E-state index contributed by atoms with van der Waals surface area (Å²) in [5, 5.41) is 6.19. The number of hydrogen-bond donors (Lipinski definition) is 1. The maximum atomic E-state index is 11.3. The molecule has 2 aromatic rings. The summed E-state index contributed by atoms with van der Waals surface area (Å²) < 4.78 is 0. The number of halogens is 1. The predicted octanol–water partition coefficient (Wildman–Crippen LogP) is 1.79. The number of fused-ring (bicyclic) bond motifs is 2. The first-order valence-electron chi connectivity index (χ1n) is 7.34. The molecule has 2 aliphatic heterocycles. The summed E-state index contributed by atoms with van der Waals surface area (Å²) in [5.41, 5.74) is 4.49. The van der Waals surface area contributed by atoms with Crippen molar-refractivity contribution in [2.75, 3.05) is 6.54 Å². The minimum Gasteiger partial charge on any atom is -0.380 e. The van der Waals surface area contributed by atoms with Crippen LogP contribution >= 0.6 is 11.6 Å². The Kier molecular flexibility index (Phi) is 3.36. The van der Waals surface area contributed by atoms with Gasteiger partial charge in [0.1, 0.15) is 5.70 Å². The minimum absolute atomic E-state index is 0.489. The number of carbonyl (C=O) groups is 1. The van der Waals surface area contributed by atoms with Crippen molar-refractivity contribution < 1.29 is 4.79 Å². The lowest BCUT2D eigenvalue weighted by molar-refractivity contribution is -0.104. The Bertz CT molecular complexity index is 988. The van der Waals surface area contributed by atoms with Crippen LogP contribution < -0.4 is 15.8 Å². The summed E-state index contributed by atoms with van der Waals surface area (Å²) in [7, 11) is 0. The highest BCUT2D eigenvalue weighted by molar-refractivity contribution is 6.30. The first kappa shape index (κ1) is 14.0. The smallest absolute Gasteiger partial charge is 0.168 e. The molecule has 2 aromatic carbocycles. The molecular weight excluding hydrogens is 308 g/mol. The van der Waals surface area contributed by atoms with Crippen LogP contribution in [0.1, 0.15) is 5.56 Å². The lowest BCUT2D eigenvalue weighted by atomic mass is 10.0. The third kappa shape index (κ3) is 2.30. The first-order valence-corrected chi connectivity index (χ1v) is 7.72. The average molecular weight is 321 g/mol. The van der Waals surface area contributed by atoms with E-state index in [1.165, 1.54) is 0 Å². The van der Waals surface area contributed by atoms with Crippen LogP contribution in [-0.2, 0) is 4.79 Å². The Hall–Kier alpha value is -2.65. The number of rotatable bonds is 2. The van der Waals surface area contributed by atoms with Gasteiger partial charge < -0.3 is 5.32 Å². The number of nitrogens with one attached hydrogen (secondary N) is 1. The van der Waals surface area contributed by atoms with E-state index in [9.17, 15) is 4.79 Å². The fourth-order valence-electron chi connectivity index (χ4n) is 3.04. The van der Waals surface area contributed by atoms with Crippen LogP contribution in [-0.4, -0.2) is 19.0 Å². The molecule has 23 heavy (non-hydrogen) atoms. The molecule has 0 atom stereocenters. The summed E-state index contributed by atoms with van der Waals surface area (Å²) in [6.45, 7) is 0.555. The molecule has 0 fully saturated rings. The Morgan fingerprint density at radius 2 is 1.91 bits per heavy atom. The van der Waals surface area contributed by atoms with Crippen LogP contribution in [0.5, 0.6) is 0 Å². The largest absolute Gasteiger partial charge is 0.380 e. The van der Waals surface area contributed by atoms with Crippen LogP contribution in [0.4, 0.5) is 0 Å². The molecule has 4 heteroatoms. The lowest BCUT2D eigenvalue weighted by Gasteiger charge is -2.10. The van der Waals surface area contributed by atoms with Crippen molar-refractivity contribution in [2.45, 2.75) is 0 Å². The monoisotopic (exact) mass is 320 g/mol. The zero-order valence-electron chi connectivity index (χ0n) is 12.2. The standard InChI is InChI=1S/C19H13ClN2O/c20-13-6-7-14-15(8-13)19(12-4-2-1-3-5-12)22-10-17-16(14)9-21-18(17)11-23/h1-9,11,22H,10H2. The Morgan fingerprint density at radius 3 is 2.70 bits per heavy atom. The van der Waals surface area contributed by atoms with E-state index in [0.29, 0.717) is 17.3 Å². The molecule has 2 aliphatic rings. The number of aldehydes is 1.